The van der Waals surface area contributed by atoms with Gasteiger partial charge in [0.1, 0.15) is 29.3 Å². The summed E-state index contributed by atoms with van der Waals surface area (Å²) in [6.07, 6.45) is 8.69. The minimum Gasteiger partial charge on any atom is -0.457 e. The van der Waals surface area contributed by atoms with Crippen molar-refractivity contribution >= 4 is 16.9 Å². The van der Waals surface area contributed by atoms with Crippen molar-refractivity contribution in [1.29, 1.82) is 0 Å². The molecule has 3 heterocycles. The van der Waals surface area contributed by atoms with Crippen LogP contribution in [0.3, 0.4) is 0 Å². The lowest BCUT2D eigenvalue weighted by molar-refractivity contribution is 0.0791. The van der Waals surface area contributed by atoms with Crippen molar-refractivity contribution in [1.82, 2.24) is 24.3 Å². The van der Waals surface area contributed by atoms with Crippen LogP contribution >= 0.6 is 0 Å². The normalized spacial score (nSPS) is 21.6. The summed E-state index contributed by atoms with van der Waals surface area (Å²) in [5, 5.41) is 0.941. The molecule has 0 radical (unpaired) electrons. The van der Waals surface area contributed by atoms with E-state index in [1.165, 1.54) is 19.3 Å². The third kappa shape index (κ3) is 4.56. The molecule has 2 fully saturated rings. The minimum absolute atomic E-state index is 0.412. The van der Waals surface area contributed by atoms with Crippen LogP contribution in [-0.2, 0) is 0 Å². The van der Waals surface area contributed by atoms with Crippen LogP contribution in [0.2, 0.25) is 0 Å². The van der Waals surface area contributed by atoms with Crippen LogP contribution in [0.25, 0.3) is 22.2 Å². The third-order valence-electron chi connectivity index (χ3n) is 7.85. The standard InChI is InChI=1S/C29H34N6O/c1-33-14-16-34(17-15-33)22-6-5-7-23(18-22)35-19-26(27-28(30)31-20-32-29(27)35)21-10-12-25(13-11-21)36-24-8-3-2-4-9-24/h2-4,8-13,19-20,22-23H,5-7,14-18H2,1H3,(H2,30,31,32). The highest BCUT2D eigenvalue weighted by Gasteiger charge is 2.30. The molecule has 4 aromatic rings. The van der Waals surface area contributed by atoms with E-state index in [1.54, 1.807) is 6.33 Å². The van der Waals surface area contributed by atoms with E-state index >= 15 is 0 Å². The number of nitrogens with zero attached hydrogens (tertiary/aromatic N) is 5. The Labute approximate surface area is 212 Å². The van der Waals surface area contributed by atoms with Gasteiger partial charge in [-0.3, -0.25) is 4.90 Å². The van der Waals surface area contributed by atoms with Gasteiger partial charge in [0.15, 0.2) is 0 Å². The molecule has 186 valence electrons. The molecule has 0 amide bonds. The van der Waals surface area contributed by atoms with Crippen LogP contribution in [0.15, 0.2) is 67.1 Å². The molecule has 2 aromatic carbocycles. The maximum absolute atomic E-state index is 6.42. The summed E-state index contributed by atoms with van der Waals surface area (Å²) in [6.45, 7) is 4.65. The second kappa shape index (κ2) is 9.91. The molecule has 36 heavy (non-hydrogen) atoms. The molecule has 1 aliphatic carbocycles. The van der Waals surface area contributed by atoms with Crippen molar-refractivity contribution in [2.45, 2.75) is 37.8 Å². The Morgan fingerprint density at radius 3 is 2.36 bits per heavy atom. The Bertz CT molecular complexity index is 1310. The zero-order valence-electron chi connectivity index (χ0n) is 20.9. The summed E-state index contributed by atoms with van der Waals surface area (Å²) < 4.78 is 8.37. The van der Waals surface area contributed by atoms with E-state index in [1.807, 2.05) is 42.5 Å². The average Bonchev–Trinajstić information content (AvgIpc) is 3.31. The lowest BCUT2D eigenvalue weighted by atomic mass is 9.89. The minimum atomic E-state index is 0.412. The van der Waals surface area contributed by atoms with E-state index in [9.17, 15) is 0 Å². The number of para-hydroxylation sites is 1. The number of hydrogen-bond donors (Lipinski definition) is 1. The largest absolute Gasteiger partial charge is 0.457 e. The molecule has 7 nitrogen and oxygen atoms in total. The van der Waals surface area contributed by atoms with Gasteiger partial charge in [0.25, 0.3) is 0 Å². The second-order valence-electron chi connectivity index (χ2n) is 10.2. The van der Waals surface area contributed by atoms with Crippen LogP contribution in [0.4, 0.5) is 5.82 Å². The lowest BCUT2D eigenvalue weighted by Gasteiger charge is -2.41. The molecule has 2 N–H and O–H groups in total. The van der Waals surface area contributed by atoms with E-state index in [0.717, 1.165) is 66.3 Å². The van der Waals surface area contributed by atoms with Gasteiger partial charge < -0.3 is 19.9 Å². The van der Waals surface area contributed by atoms with Gasteiger partial charge in [-0.15, -0.1) is 0 Å². The summed E-state index contributed by atoms with van der Waals surface area (Å²) in [4.78, 5) is 14.2. The zero-order chi connectivity index (χ0) is 24.5. The highest BCUT2D eigenvalue weighted by atomic mass is 16.5. The molecule has 1 saturated carbocycles. The number of nitrogens with two attached hydrogens (primary N) is 1. The Balaban J connectivity index is 1.29. The van der Waals surface area contributed by atoms with Crippen molar-refractivity contribution in [3.05, 3.63) is 67.1 Å². The van der Waals surface area contributed by atoms with Gasteiger partial charge in [0.2, 0.25) is 0 Å². The van der Waals surface area contributed by atoms with Crippen LogP contribution in [-0.4, -0.2) is 63.6 Å². The van der Waals surface area contributed by atoms with E-state index in [-0.39, 0.29) is 0 Å². The highest BCUT2D eigenvalue weighted by Crippen LogP contribution is 2.39. The number of likely N-dealkylation sites (N-methyl/N-ethyl adjacent to an activating group) is 1. The number of benzene rings is 2. The van der Waals surface area contributed by atoms with Gasteiger partial charge in [0.05, 0.1) is 5.39 Å². The van der Waals surface area contributed by atoms with Gasteiger partial charge in [0, 0.05) is 50.0 Å². The van der Waals surface area contributed by atoms with Crippen molar-refractivity contribution in [2.24, 2.45) is 0 Å². The molecule has 7 heteroatoms. The first-order valence-corrected chi connectivity index (χ1v) is 13.0. The van der Waals surface area contributed by atoms with E-state index in [2.05, 4.69) is 44.7 Å². The number of nitrogen functional groups attached to an aromatic ring is 1. The van der Waals surface area contributed by atoms with Crippen LogP contribution < -0.4 is 10.5 Å². The number of anilines is 1. The number of piperazine rings is 1. The summed E-state index contributed by atoms with van der Waals surface area (Å²) in [7, 11) is 2.22. The van der Waals surface area contributed by atoms with E-state index < -0.39 is 0 Å². The van der Waals surface area contributed by atoms with Crippen molar-refractivity contribution in [3.63, 3.8) is 0 Å². The van der Waals surface area contributed by atoms with Crippen LogP contribution in [0, 0.1) is 0 Å². The first-order valence-electron chi connectivity index (χ1n) is 13.0. The fourth-order valence-electron chi connectivity index (χ4n) is 5.84. The predicted molar refractivity (Wildman–Crippen MR) is 144 cm³/mol. The van der Waals surface area contributed by atoms with Gasteiger partial charge in [-0.25, -0.2) is 9.97 Å². The van der Waals surface area contributed by atoms with Crippen molar-refractivity contribution < 1.29 is 4.74 Å². The van der Waals surface area contributed by atoms with E-state index in [4.69, 9.17) is 15.5 Å². The van der Waals surface area contributed by atoms with E-state index in [0.29, 0.717) is 17.9 Å². The number of rotatable bonds is 5. The Morgan fingerprint density at radius 2 is 1.58 bits per heavy atom. The summed E-state index contributed by atoms with van der Waals surface area (Å²) in [5.74, 6) is 2.16. The smallest absolute Gasteiger partial charge is 0.146 e. The predicted octanol–water partition coefficient (Wildman–Crippen LogP) is 5.20. The molecule has 2 atom stereocenters. The molecule has 2 aliphatic rings. The average molecular weight is 483 g/mol. The van der Waals surface area contributed by atoms with Gasteiger partial charge in [-0.2, -0.15) is 0 Å². The van der Waals surface area contributed by atoms with Gasteiger partial charge in [-0.1, -0.05) is 30.3 Å². The molecule has 6 rings (SSSR count). The van der Waals surface area contributed by atoms with Crippen LogP contribution in [0.5, 0.6) is 11.5 Å². The number of fused-ring (bicyclic) bond motifs is 1. The molecule has 1 saturated heterocycles. The maximum atomic E-state index is 6.42. The Morgan fingerprint density at radius 1 is 0.861 bits per heavy atom. The maximum Gasteiger partial charge on any atom is 0.146 e. The topological polar surface area (TPSA) is 72.4 Å². The van der Waals surface area contributed by atoms with Crippen molar-refractivity contribution in [2.75, 3.05) is 39.0 Å². The fourth-order valence-corrected chi connectivity index (χ4v) is 5.84. The molecule has 1 aliphatic heterocycles. The van der Waals surface area contributed by atoms with Gasteiger partial charge >= 0.3 is 0 Å². The Hall–Kier alpha value is -3.42. The molecule has 2 aromatic heterocycles. The second-order valence-corrected chi connectivity index (χ2v) is 10.2. The number of hydrogen-bond acceptors (Lipinski definition) is 6. The highest BCUT2D eigenvalue weighted by molar-refractivity contribution is 6.00. The SMILES string of the molecule is CN1CCN(C2CCCC(n3cc(-c4ccc(Oc5ccccc5)cc4)c4c(N)ncnc43)C2)CC1. The summed E-state index contributed by atoms with van der Waals surface area (Å²) >= 11 is 0. The summed E-state index contributed by atoms with van der Waals surface area (Å²) in [5.41, 5.74) is 9.53. The summed E-state index contributed by atoms with van der Waals surface area (Å²) in [6, 6.07) is 19.1. The van der Waals surface area contributed by atoms with Gasteiger partial charge in [-0.05, 0) is 62.6 Å². The molecular weight excluding hydrogens is 448 g/mol. The molecule has 0 bridgehead atoms. The fraction of sp³-hybridized carbons (Fsp3) is 0.379. The van der Waals surface area contributed by atoms with Crippen molar-refractivity contribution in [3.8, 4) is 22.6 Å². The number of ether oxygens (including phenoxy) is 1. The molecule has 0 spiro atoms. The third-order valence-corrected chi connectivity index (χ3v) is 7.85. The monoisotopic (exact) mass is 482 g/mol. The quantitative estimate of drug-likeness (QED) is 0.421. The molecular formula is C29H34N6O. The first kappa shape index (κ1) is 23.0. The van der Waals surface area contributed by atoms with Crippen LogP contribution in [0.1, 0.15) is 31.7 Å². The number of aromatic nitrogens is 3. The lowest BCUT2D eigenvalue weighted by Crippen LogP contribution is -2.50. The zero-order valence-corrected chi connectivity index (χ0v) is 20.9. The Kier molecular flexibility index (Phi) is 6.34. The first-order chi connectivity index (χ1) is 17.7. The molecule has 2 unspecified atom stereocenters.